The lowest BCUT2D eigenvalue weighted by atomic mass is 9.59. The second-order valence-electron chi connectivity index (χ2n) is 6.28. The van der Waals surface area contributed by atoms with Crippen LogP contribution >= 0.6 is 23.2 Å². The third-order valence-corrected chi connectivity index (χ3v) is 5.72. The van der Waals surface area contributed by atoms with Gasteiger partial charge < -0.3 is 11.5 Å². The predicted octanol–water partition coefficient (Wildman–Crippen LogP) is 3.86. The van der Waals surface area contributed by atoms with Crippen LogP contribution < -0.4 is 11.5 Å². The quantitative estimate of drug-likeness (QED) is 0.641. The largest absolute Gasteiger partial charge is 0.370 e. The fourth-order valence-electron chi connectivity index (χ4n) is 4.27. The van der Waals surface area contributed by atoms with Gasteiger partial charge >= 0.3 is 0 Å². The summed E-state index contributed by atoms with van der Waals surface area (Å²) in [5, 5.41) is 1.65. The molecule has 4 N–H and O–H groups in total. The molecular formula is C18H17Cl2N3. The second kappa shape index (κ2) is 5.43. The van der Waals surface area contributed by atoms with Crippen LogP contribution in [0.2, 0.25) is 10.0 Å². The van der Waals surface area contributed by atoms with Gasteiger partial charge in [-0.1, -0.05) is 47.5 Å². The van der Waals surface area contributed by atoms with Gasteiger partial charge in [0.05, 0.1) is 0 Å². The molecule has 0 heterocycles. The highest BCUT2D eigenvalue weighted by atomic mass is 35.5. The summed E-state index contributed by atoms with van der Waals surface area (Å²) in [6, 6.07) is 12.3. The van der Waals surface area contributed by atoms with Gasteiger partial charge in [-0.25, -0.2) is 0 Å². The normalized spacial score (nSPS) is 24.0. The Morgan fingerprint density at radius 2 is 1.65 bits per heavy atom. The van der Waals surface area contributed by atoms with Gasteiger partial charge in [0.15, 0.2) is 5.96 Å². The van der Waals surface area contributed by atoms with Gasteiger partial charge in [-0.3, -0.25) is 4.99 Å². The highest BCUT2D eigenvalue weighted by Gasteiger charge is 2.45. The average molecular weight is 346 g/mol. The summed E-state index contributed by atoms with van der Waals surface area (Å²) in [5.41, 5.74) is 16.1. The van der Waals surface area contributed by atoms with E-state index in [1.807, 2.05) is 24.3 Å². The van der Waals surface area contributed by atoms with Crippen molar-refractivity contribution in [3.05, 3.63) is 68.7 Å². The van der Waals surface area contributed by atoms with Gasteiger partial charge in [0.25, 0.3) is 0 Å². The van der Waals surface area contributed by atoms with Gasteiger partial charge in [0.1, 0.15) is 0 Å². The molecule has 0 radical (unpaired) electrons. The summed E-state index contributed by atoms with van der Waals surface area (Å²) < 4.78 is 0. The number of aliphatic imine (C=N–C) groups is 1. The molecule has 5 heteroatoms. The number of nitrogens with two attached hydrogens (primary N) is 2. The molecule has 0 spiro atoms. The standard InChI is InChI=1S/C18H17Cl2N3/c19-13-5-2-4-11-15-9(8-23-18(21)22)7-12(16(11)13)10-3-1-6-14(20)17(10)15/h1-6,9,12,15H,7-8H2,(H4,21,22,23). The molecule has 0 fully saturated rings. The maximum atomic E-state index is 6.55. The lowest BCUT2D eigenvalue weighted by molar-refractivity contribution is 0.365. The first-order chi connectivity index (χ1) is 11.1. The van der Waals surface area contributed by atoms with Gasteiger partial charge in [0, 0.05) is 28.4 Å². The number of halogens is 2. The Bertz CT molecular complexity index is 812. The molecule has 23 heavy (non-hydrogen) atoms. The third kappa shape index (κ3) is 2.22. The molecule has 2 aromatic rings. The lowest BCUT2D eigenvalue weighted by Crippen LogP contribution is -2.35. The van der Waals surface area contributed by atoms with Crippen LogP contribution in [0.25, 0.3) is 0 Å². The van der Waals surface area contributed by atoms with Gasteiger partial charge in [0.2, 0.25) is 0 Å². The Kier molecular flexibility index (Phi) is 3.51. The van der Waals surface area contributed by atoms with Gasteiger partial charge in [-0.15, -0.1) is 0 Å². The molecule has 3 unspecified atom stereocenters. The van der Waals surface area contributed by atoms with Gasteiger partial charge in [-0.05, 0) is 46.7 Å². The minimum Gasteiger partial charge on any atom is -0.370 e. The van der Waals surface area contributed by atoms with Crippen molar-refractivity contribution in [3.63, 3.8) is 0 Å². The van der Waals surface area contributed by atoms with Crippen LogP contribution in [0.4, 0.5) is 0 Å². The van der Waals surface area contributed by atoms with Crippen molar-refractivity contribution < 1.29 is 0 Å². The Morgan fingerprint density at radius 1 is 1.00 bits per heavy atom. The van der Waals surface area contributed by atoms with E-state index in [1.165, 1.54) is 22.3 Å². The number of nitrogens with zero attached hydrogens (tertiary/aromatic N) is 1. The molecule has 3 nitrogen and oxygen atoms in total. The highest BCUT2D eigenvalue weighted by Crippen LogP contribution is 2.58. The van der Waals surface area contributed by atoms with E-state index in [0.29, 0.717) is 12.5 Å². The fourth-order valence-corrected chi connectivity index (χ4v) is 4.88. The van der Waals surface area contributed by atoms with E-state index in [2.05, 4.69) is 17.1 Å². The molecule has 0 aliphatic heterocycles. The van der Waals surface area contributed by atoms with E-state index in [0.717, 1.165) is 16.5 Å². The molecule has 0 amide bonds. The molecule has 3 aliphatic rings. The predicted molar refractivity (Wildman–Crippen MR) is 95.4 cm³/mol. The molecule has 0 saturated heterocycles. The van der Waals surface area contributed by atoms with Crippen LogP contribution in [-0.4, -0.2) is 12.5 Å². The molecule has 5 rings (SSSR count). The number of benzene rings is 2. The first-order valence-corrected chi connectivity index (χ1v) is 8.45. The van der Waals surface area contributed by atoms with E-state index in [4.69, 9.17) is 34.7 Å². The van der Waals surface area contributed by atoms with Crippen LogP contribution in [0.15, 0.2) is 41.4 Å². The second-order valence-corrected chi connectivity index (χ2v) is 7.09. The zero-order chi connectivity index (χ0) is 16.1. The average Bonchev–Trinajstić information content (AvgIpc) is 2.53. The number of rotatable bonds is 2. The van der Waals surface area contributed by atoms with Crippen molar-refractivity contribution in [2.24, 2.45) is 22.4 Å². The molecule has 2 aromatic carbocycles. The van der Waals surface area contributed by atoms with Crippen LogP contribution in [0, 0.1) is 5.92 Å². The van der Waals surface area contributed by atoms with E-state index in [1.54, 1.807) is 0 Å². The summed E-state index contributed by atoms with van der Waals surface area (Å²) in [6.07, 6.45) is 0.992. The van der Waals surface area contributed by atoms with E-state index in [-0.39, 0.29) is 17.8 Å². The first kappa shape index (κ1) is 14.9. The summed E-state index contributed by atoms with van der Waals surface area (Å²) >= 11 is 13.1. The Morgan fingerprint density at radius 3 is 2.35 bits per heavy atom. The third-order valence-electron chi connectivity index (χ3n) is 5.06. The SMILES string of the molecule is NC(N)=NCC1CC2c3cccc(Cl)c3C1c1cccc(Cl)c12. The van der Waals surface area contributed by atoms with E-state index >= 15 is 0 Å². The molecule has 118 valence electrons. The van der Waals surface area contributed by atoms with Crippen LogP contribution in [0.1, 0.15) is 40.5 Å². The van der Waals surface area contributed by atoms with Crippen molar-refractivity contribution in [3.8, 4) is 0 Å². The number of fused-ring (bicyclic) bond motifs is 1. The highest BCUT2D eigenvalue weighted by molar-refractivity contribution is 6.32. The van der Waals surface area contributed by atoms with Crippen molar-refractivity contribution in [1.29, 1.82) is 0 Å². The number of hydrogen-bond donors (Lipinski definition) is 2. The van der Waals surface area contributed by atoms with E-state index < -0.39 is 0 Å². The lowest BCUT2D eigenvalue weighted by Gasteiger charge is -2.45. The molecule has 2 bridgehead atoms. The fraction of sp³-hybridized carbons (Fsp3) is 0.278. The Labute approximate surface area is 145 Å². The van der Waals surface area contributed by atoms with E-state index in [9.17, 15) is 0 Å². The van der Waals surface area contributed by atoms with Crippen molar-refractivity contribution in [1.82, 2.24) is 0 Å². The first-order valence-electron chi connectivity index (χ1n) is 7.70. The number of hydrogen-bond acceptors (Lipinski definition) is 1. The molecular weight excluding hydrogens is 329 g/mol. The monoisotopic (exact) mass is 345 g/mol. The Balaban J connectivity index is 1.91. The van der Waals surface area contributed by atoms with Crippen molar-refractivity contribution in [2.75, 3.05) is 6.54 Å². The number of guanidine groups is 1. The van der Waals surface area contributed by atoms with Crippen LogP contribution in [0.5, 0.6) is 0 Å². The summed E-state index contributed by atoms with van der Waals surface area (Å²) in [5.74, 6) is 0.926. The van der Waals surface area contributed by atoms with Crippen LogP contribution in [0.3, 0.4) is 0 Å². The smallest absolute Gasteiger partial charge is 0.185 e. The van der Waals surface area contributed by atoms with Crippen molar-refractivity contribution in [2.45, 2.75) is 18.3 Å². The molecule has 3 atom stereocenters. The Hall–Kier alpha value is -1.71. The van der Waals surface area contributed by atoms with Gasteiger partial charge in [-0.2, -0.15) is 0 Å². The minimum absolute atomic E-state index is 0.136. The molecule has 0 saturated carbocycles. The maximum absolute atomic E-state index is 6.55. The zero-order valence-electron chi connectivity index (χ0n) is 12.5. The molecule has 3 aliphatic carbocycles. The molecule has 0 aromatic heterocycles. The summed E-state index contributed by atoms with van der Waals surface area (Å²) in [7, 11) is 0. The minimum atomic E-state index is 0.136. The summed E-state index contributed by atoms with van der Waals surface area (Å²) in [6.45, 7) is 0.611. The zero-order valence-corrected chi connectivity index (χ0v) is 14.0. The van der Waals surface area contributed by atoms with Crippen LogP contribution in [-0.2, 0) is 0 Å². The van der Waals surface area contributed by atoms with Crippen molar-refractivity contribution >= 4 is 29.2 Å². The summed E-state index contributed by atoms with van der Waals surface area (Å²) in [4.78, 5) is 4.26. The maximum Gasteiger partial charge on any atom is 0.185 e. The topological polar surface area (TPSA) is 64.4 Å².